The van der Waals surface area contributed by atoms with Gasteiger partial charge in [-0.05, 0) is 25.1 Å². The highest BCUT2D eigenvalue weighted by Crippen LogP contribution is 2.32. The highest BCUT2D eigenvalue weighted by atomic mass is 32.2. The maximum Gasteiger partial charge on any atom is 0.264 e. The lowest BCUT2D eigenvalue weighted by molar-refractivity contribution is 1.20. The first-order chi connectivity index (χ1) is 9.65. The Labute approximate surface area is 120 Å². The van der Waals surface area contributed by atoms with Crippen LogP contribution in [0.3, 0.4) is 0 Å². The first-order valence-electron chi connectivity index (χ1n) is 6.30. The SMILES string of the molecule is Cc1ccc(Sc2c(N)c3ccccc3[nH]c2=O)cc1. The third-order valence-corrected chi connectivity index (χ3v) is 4.27. The van der Waals surface area contributed by atoms with Crippen LogP contribution in [-0.4, -0.2) is 4.98 Å². The van der Waals surface area contributed by atoms with Crippen molar-refractivity contribution in [1.82, 2.24) is 4.98 Å². The van der Waals surface area contributed by atoms with Crippen molar-refractivity contribution in [3.05, 3.63) is 64.4 Å². The molecule has 0 radical (unpaired) electrons. The molecule has 0 unspecified atom stereocenters. The summed E-state index contributed by atoms with van der Waals surface area (Å²) in [7, 11) is 0. The van der Waals surface area contributed by atoms with Gasteiger partial charge in [0, 0.05) is 10.3 Å². The van der Waals surface area contributed by atoms with E-state index in [9.17, 15) is 4.79 Å². The zero-order chi connectivity index (χ0) is 14.1. The highest BCUT2D eigenvalue weighted by molar-refractivity contribution is 7.99. The van der Waals surface area contributed by atoms with Crippen LogP contribution in [0.5, 0.6) is 0 Å². The Kier molecular flexibility index (Phi) is 3.24. The van der Waals surface area contributed by atoms with Crippen LogP contribution in [0.15, 0.2) is 63.1 Å². The zero-order valence-electron chi connectivity index (χ0n) is 11.0. The van der Waals surface area contributed by atoms with Gasteiger partial charge in [0.25, 0.3) is 5.56 Å². The number of aryl methyl sites for hydroxylation is 1. The van der Waals surface area contributed by atoms with E-state index in [1.807, 2.05) is 55.5 Å². The molecule has 0 aliphatic rings. The number of rotatable bonds is 2. The van der Waals surface area contributed by atoms with Crippen molar-refractivity contribution in [2.24, 2.45) is 0 Å². The van der Waals surface area contributed by atoms with Crippen LogP contribution >= 0.6 is 11.8 Å². The summed E-state index contributed by atoms with van der Waals surface area (Å²) in [4.78, 5) is 16.6. The summed E-state index contributed by atoms with van der Waals surface area (Å²) in [6.07, 6.45) is 0. The Balaban J connectivity index is 2.11. The van der Waals surface area contributed by atoms with Gasteiger partial charge in [-0.25, -0.2) is 0 Å². The Morgan fingerprint density at radius 3 is 2.50 bits per heavy atom. The number of nitrogen functional groups attached to an aromatic ring is 1. The smallest absolute Gasteiger partial charge is 0.264 e. The molecule has 20 heavy (non-hydrogen) atoms. The fourth-order valence-electron chi connectivity index (χ4n) is 2.08. The van der Waals surface area contributed by atoms with Crippen molar-refractivity contribution in [3.8, 4) is 0 Å². The van der Waals surface area contributed by atoms with E-state index < -0.39 is 0 Å². The summed E-state index contributed by atoms with van der Waals surface area (Å²) in [5.41, 5.74) is 8.50. The zero-order valence-corrected chi connectivity index (χ0v) is 11.8. The molecule has 3 N–H and O–H groups in total. The van der Waals surface area contributed by atoms with E-state index >= 15 is 0 Å². The monoisotopic (exact) mass is 282 g/mol. The molecule has 0 aliphatic carbocycles. The predicted molar refractivity (Wildman–Crippen MR) is 84.3 cm³/mol. The summed E-state index contributed by atoms with van der Waals surface area (Å²) in [6.45, 7) is 2.03. The number of aromatic amines is 1. The molecule has 0 spiro atoms. The first-order valence-corrected chi connectivity index (χ1v) is 7.12. The normalized spacial score (nSPS) is 10.8. The number of hydrogen-bond acceptors (Lipinski definition) is 3. The summed E-state index contributed by atoms with van der Waals surface area (Å²) in [5, 5.41) is 0.877. The van der Waals surface area contributed by atoms with E-state index in [4.69, 9.17) is 5.73 Å². The average molecular weight is 282 g/mol. The van der Waals surface area contributed by atoms with E-state index in [0.29, 0.717) is 10.6 Å². The van der Waals surface area contributed by atoms with Crippen LogP contribution in [0, 0.1) is 6.92 Å². The van der Waals surface area contributed by atoms with Crippen molar-refractivity contribution in [2.75, 3.05) is 5.73 Å². The summed E-state index contributed by atoms with van der Waals surface area (Å²) in [6, 6.07) is 15.6. The Morgan fingerprint density at radius 1 is 1.05 bits per heavy atom. The number of hydrogen-bond donors (Lipinski definition) is 2. The van der Waals surface area contributed by atoms with Gasteiger partial charge < -0.3 is 10.7 Å². The number of pyridine rings is 1. The number of H-pyrrole nitrogens is 1. The van der Waals surface area contributed by atoms with E-state index in [2.05, 4.69) is 4.98 Å². The van der Waals surface area contributed by atoms with Crippen LogP contribution in [0.1, 0.15) is 5.56 Å². The third kappa shape index (κ3) is 2.30. The van der Waals surface area contributed by atoms with Crippen molar-refractivity contribution >= 4 is 28.4 Å². The van der Waals surface area contributed by atoms with E-state index in [-0.39, 0.29) is 5.56 Å². The molecule has 100 valence electrons. The minimum absolute atomic E-state index is 0.147. The summed E-state index contributed by atoms with van der Waals surface area (Å²) >= 11 is 1.40. The lowest BCUT2D eigenvalue weighted by Crippen LogP contribution is -2.11. The van der Waals surface area contributed by atoms with Crippen molar-refractivity contribution < 1.29 is 0 Å². The van der Waals surface area contributed by atoms with E-state index in [1.54, 1.807) is 0 Å². The molecule has 0 saturated heterocycles. The number of nitrogens with two attached hydrogens (primary N) is 1. The summed E-state index contributed by atoms with van der Waals surface area (Å²) < 4.78 is 0. The molecule has 4 heteroatoms. The van der Waals surface area contributed by atoms with Crippen LogP contribution in [0.2, 0.25) is 0 Å². The third-order valence-electron chi connectivity index (χ3n) is 3.16. The Morgan fingerprint density at radius 2 is 1.75 bits per heavy atom. The van der Waals surface area contributed by atoms with Crippen LogP contribution in [-0.2, 0) is 0 Å². The molecule has 0 aliphatic heterocycles. The van der Waals surface area contributed by atoms with Gasteiger partial charge in [0.2, 0.25) is 0 Å². The molecular weight excluding hydrogens is 268 g/mol. The van der Waals surface area contributed by atoms with Crippen molar-refractivity contribution in [1.29, 1.82) is 0 Å². The molecule has 3 rings (SSSR count). The molecule has 0 saturated carbocycles. The molecule has 1 heterocycles. The van der Waals surface area contributed by atoms with Crippen LogP contribution in [0.4, 0.5) is 5.69 Å². The topological polar surface area (TPSA) is 58.9 Å². The molecule has 0 amide bonds. The molecule has 1 aromatic heterocycles. The molecule has 3 aromatic rings. The van der Waals surface area contributed by atoms with Gasteiger partial charge in [0.05, 0.1) is 11.2 Å². The maximum absolute atomic E-state index is 12.2. The van der Waals surface area contributed by atoms with E-state index in [0.717, 1.165) is 15.8 Å². The molecule has 0 bridgehead atoms. The minimum atomic E-state index is -0.147. The molecule has 3 nitrogen and oxygen atoms in total. The second-order valence-corrected chi connectivity index (χ2v) is 5.74. The van der Waals surface area contributed by atoms with Crippen LogP contribution < -0.4 is 11.3 Å². The van der Waals surface area contributed by atoms with E-state index in [1.165, 1.54) is 17.3 Å². The van der Waals surface area contributed by atoms with Gasteiger partial charge in [0.15, 0.2) is 0 Å². The number of nitrogens with one attached hydrogen (secondary N) is 1. The second kappa shape index (κ2) is 5.06. The number of fused-ring (bicyclic) bond motifs is 1. The maximum atomic E-state index is 12.2. The summed E-state index contributed by atoms with van der Waals surface area (Å²) in [5.74, 6) is 0. The van der Waals surface area contributed by atoms with Crippen molar-refractivity contribution in [2.45, 2.75) is 16.7 Å². The number of aromatic nitrogens is 1. The fraction of sp³-hybridized carbons (Fsp3) is 0.0625. The Hall–Kier alpha value is -2.20. The molecular formula is C16H14N2OS. The lowest BCUT2D eigenvalue weighted by Gasteiger charge is -2.08. The van der Waals surface area contributed by atoms with Gasteiger partial charge in [-0.3, -0.25) is 4.79 Å². The largest absolute Gasteiger partial charge is 0.397 e. The highest BCUT2D eigenvalue weighted by Gasteiger charge is 2.11. The fourth-order valence-corrected chi connectivity index (χ4v) is 2.95. The predicted octanol–water partition coefficient (Wildman–Crippen LogP) is 3.57. The van der Waals surface area contributed by atoms with Crippen LogP contribution in [0.25, 0.3) is 10.9 Å². The first kappa shape index (κ1) is 12.8. The lowest BCUT2D eigenvalue weighted by atomic mass is 10.2. The van der Waals surface area contributed by atoms with Gasteiger partial charge in [-0.15, -0.1) is 0 Å². The second-order valence-electron chi connectivity index (χ2n) is 4.66. The van der Waals surface area contributed by atoms with Crippen molar-refractivity contribution in [3.63, 3.8) is 0 Å². The molecule has 0 fully saturated rings. The van der Waals surface area contributed by atoms with Gasteiger partial charge in [-0.2, -0.15) is 0 Å². The molecule has 2 aromatic carbocycles. The Bertz CT molecular complexity index is 822. The number of benzene rings is 2. The standard InChI is InChI=1S/C16H14N2OS/c1-10-6-8-11(9-7-10)20-15-14(17)12-4-2-3-5-13(12)18-16(15)19/h2-9H,1H3,(H3,17,18,19). The van der Waals surface area contributed by atoms with Gasteiger partial charge in [0.1, 0.15) is 4.90 Å². The van der Waals surface area contributed by atoms with Gasteiger partial charge >= 0.3 is 0 Å². The quantitative estimate of drug-likeness (QED) is 0.755. The number of anilines is 1. The molecule has 0 atom stereocenters. The minimum Gasteiger partial charge on any atom is -0.397 e. The average Bonchev–Trinajstić information content (AvgIpc) is 2.45. The number of para-hydroxylation sites is 1. The van der Waals surface area contributed by atoms with Gasteiger partial charge in [-0.1, -0.05) is 47.7 Å².